The zero-order valence-electron chi connectivity index (χ0n) is 11.0. The zero-order valence-corrected chi connectivity index (χ0v) is 11.0. The fraction of sp³-hybridized carbons (Fsp3) is 0.923. The minimum atomic E-state index is 0.112. The summed E-state index contributed by atoms with van der Waals surface area (Å²) in [7, 11) is 0. The Hall–Kier alpha value is -0.770. The summed E-state index contributed by atoms with van der Waals surface area (Å²) in [4.78, 5) is 14.2. The molecule has 0 aromatic rings. The molecule has 1 aliphatic carbocycles. The molecule has 0 radical (unpaired) electrons. The number of hydrogen-bond donors (Lipinski definition) is 2. The van der Waals surface area contributed by atoms with Gasteiger partial charge in [-0.2, -0.15) is 0 Å². The van der Waals surface area contributed by atoms with Gasteiger partial charge in [0.1, 0.15) is 0 Å². The maximum atomic E-state index is 12.1. The Bertz CT molecular complexity index is 292. The molecule has 0 aromatic carbocycles. The molecule has 17 heavy (non-hydrogen) atoms. The van der Waals surface area contributed by atoms with E-state index in [9.17, 15) is 4.79 Å². The molecule has 1 heterocycles. The third-order valence-corrected chi connectivity index (χ3v) is 4.41. The molecular formula is C13H25N3O. The number of likely N-dealkylation sites (tertiary alicyclic amines) is 1. The van der Waals surface area contributed by atoms with Crippen LogP contribution in [-0.4, -0.2) is 36.6 Å². The van der Waals surface area contributed by atoms with Gasteiger partial charge in [0.15, 0.2) is 0 Å². The van der Waals surface area contributed by atoms with Gasteiger partial charge in [-0.1, -0.05) is 20.3 Å². The number of carbonyl (C=O) groups is 1. The van der Waals surface area contributed by atoms with Crippen molar-refractivity contribution in [1.82, 2.24) is 10.2 Å². The van der Waals surface area contributed by atoms with E-state index in [4.69, 9.17) is 5.73 Å². The van der Waals surface area contributed by atoms with Crippen LogP contribution in [0.4, 0.5) is 4.79 Å². The van der Waals surface area contributed by atoms with Gasteiger partial charge in [-0.25, -0.2) is 4.79 Å². The van der Waals surface area contributed by atoms with Crippen molar-refractivity contribution in [1.29, 1.82) is 0 Å². The molecule has 98 valence electrons. The van der Waals surface area contributed by atoms with E-state index >= 15 is 0 Å². The second kappa shape index (κ2) is 4.84. The molecule has 2 aliphatic rings. The van der Waals surface area contributed by atoms with Gasteiger partial charge < -0.3 is 16.0 Å². The third-order valence-electron chi connectivity index (χ3n) is 4.41. The Labute approximate surface area is 104 Å². The number of carbonyl (C=O) groups excluding carboxylic acids is 1. The SMILES string of the molecule is CC(C)CNC(=O)N1CC[C@]2(CN)CCC[C@H]12. The van der Waals surface area contributed by atoms with E-state index in [0.717, 1.165) is 32.5 Å². The van der Waals surface area contributed by atoms with Crippen LogP contribution in [0.2, 0.25) is 0 Å². The van der Waals surface area contributed by atoms with Crippen LogP contribution in [0.25, 0.3) is 0 Å². The summed E-state index contributed by atoms with van der Waals surface area (Å²) in [5, 5.41) is 3.02. The normalized spacial score (nSPS) is 32.0. The molecule has 4 heteroatoms. The van der Waals surface area contributed by atoms with Crippen molar-refractivity contribution in [2.75, 3.05) is 19.6 Å². The molecule has 1 saturated carbocycles. The summed E-state index contributed by atoms with van der Waals surface area (Å²) < 4.78 is 0. The summed E-state index contributed by atoms with van der Waals surface area (Å²) in [6, 6.07) is 0.501. The lowest BCUT2D eigenvalue weighted by atomic mass is 9.82. The Morgan fingerprint density at radius 1 is 1.53 bits per heavy atom. The van der Waals surface area contributed by atoms with E-state index in [1.807, 2.05) is 4.90 Å². The average Bonchev–Trinajstić information content (AvgIpc) is 2.83. The maximum absolute atomic E-state index is 12.1. The highest BCUT2D eigenvalue weighted by Crippen LogP contribution is 2.47. The Morgan fingerprint density at radius 3 is 2.94 bits per heavy atom. The summed E-state index contributed by atoms with van der Waals surface area (Å²) in [6.45, 7) is 6.60. The number of fused-ring (bicyclic) bond motifs is 1. The molecule has 3 N–H and O–H groups in total. The molecule has 2 rings (SSSR count). The van der Waals surface area contributed by atoms with Crippen molar-refractivity contribution >= 4 is 6.03 Å². The molecule has 1 saturated heterocycles. The van der Waals surface area contributed by atoms with Crippen molar-refractivity contribution < 1.29 is 4.79 Å². The molecule has 4 nitrogen and oxygen atoms in total. The topological polar surface area (TPSA) is 58.4 Å². The summed E-state index contributed by atoms with van der Waals surface area (Å²) in [5.41, 5.74) is 6.17. The first-order valence-electron chi connectivity index (χ1n) is 6.83. The van der Waals surface area contributed by atoms with Crippen LogP contribution in [-0.2, 0) is 0 Å². The lowest BCUT2D eigenvalue weighted by molar-refractivity contribution is 0.172. The van der Waals surface area contributed by atoms with Gasteiger partial charge >= 0.3 is 6.03 Å². The Kier molecular flexibility index (Phi) is 3.61. The van der Waals surface area contributed by atoms with Gasteiger partial charge in [-0.05, 0) is 31.7 Å². The van der Waals surface area contributed by atoms with Gasteiger partial charge in [-0.15, -0.1) is 0 Å². The number of rotatable bonds is 3. The van der Waals surface area contributed by atoms with Crippen molar-refractivity contribution in [2.24, 2.45) is 17.1 Å². The van der Waals surface area contributed by atoms with Gasteiger partial charge in [0.2, 0.25) is 0 Å². The molecular weight excluding hydrogens is 214 g/mol. The Morgan fingerprint density at radius 2 is 2.29 bits per heavy atom. The highest BCUT2D eigenvalue weighted by molar-refractivity contribution is 5.75. The lowest BCUT2D eigenvalue weighted by Crippen LogP contribution is -2.47. The number of nitrogens with zero attached hydrogens (tertiary/aromatic N) is 1. The minimum Gasteiger partial charge on any atom is -0.338 e. The monoisotopic (exact) mass is 239 g/mol. The number of nitrogens with two attached hydrogens (primary N) is 1. The van der Waals surface area contributed by atoms with E-state index in [1.54, 1.807) is 0 Å². The fourth-order valence-corrected chi connectivity index (χ4v) is 3.37. The predicted octanol–water partition coefficient (Wildman–Crippen LogP) is 1.56. The average molecular weight is 239 g/mol. The maximum Gasteiger partial charge on any atom is 0.317 e. The number of urea groups is 1. The first-order valence-corrected chi connectivity index (χ1v) is 6.83. The predicted molar refractivity (Wildman–Crippen MR) is 68.7 cm³/mol. The third kappa shape index (κ3) is 2.28. The van der Waals surface area contributed by atoms with Crippen LogP contribution < -0.4 is 11.1 Å². The van der Waals surface area contributed by atoms with Crippen molar-refractivity contribution in [3.05, 3.63) is 0 Å². The molecule has 0 spiro atoms. The summed E-state index contributed by atoms with van der Waals surface area (Å²) >= 11 is 0. The van der Waals surface area contributed by atoms with Gasteiger partial charge in [0, 0.05) is 24.5 Å². The summed E-state index contributed by atoms with van der Waals surface area (Å²) in [6.07, 6.45) is 4.63. The number of hydrogen-bond acceptors (Lipinski definition) is 2. The highest BCUT2D eigenvalue weighted by Gasteiger charge is 2.50. The lowest BCUT2D eigenvalue weighted by Gasteiger charge is -2.31. The smallest absolute Gasteiger partial charge is 0.317 e. The largest absolute Gasteiger partial charge is 0.338 e. The molecule has 2 atom stereocenters. The highest BCUT2D eigenvalue weighted by atomic mass is 16.2. The zero-order chi connectivity index (χ0) is 12.5. The first kappa shape index (κ1) is 12.7. The molecule has 2 fully saturated rings. The van der Waals surface area contributed by atoms with Crippen LogP contribution in [0.15, 0.2) is 0 Å². The van der Waals surface area contributed by atoms with Crippen molar-refractivity contribution in [3.8, 4) is 0 Å². The molecule has 2 amide bonds. The van der Waals surface area contributed by atoms with Crippen LogP contribution >= 0.6 is 0 Å². The van der Waals surface area contributed by atoms with E-state index in [1.165, 1.54) is 12.8 Å². The molecule has 1 aliphatic heterocycles. The van der Waals surface area contributed by atoms with Gasteiger partial charge in [0.25, 0.3) is 0 Å². The standard InChI is InChI=1S/C13H25N3O/c1-10(2)8-15-12(17)16-7-6-13(9-14)5-3-4-11(13)16/h10-11H,3-9,14H2,1-2H3,(H,15,17)/t11-,13-/m0/s1. The van der Waals surface area contributed by atoms with Crippen LogP contribution in [0.1, 0.15) is 39.5 Å². The van der Waals surface area contributed by atoms with E-state index in [0.29, 0.717) is 12.0 Å². The van der Waals surface area contributed by atoms with Gasteiger partial charge in [-0.3, -0.25) is 0 Å². The quantitative estimate of drug-likeness (QED) is 0.785. The van der Waals surface area contributed by atoms with Crippen molar-refractivity contribution in [2.45, 2.75) is 45.6 Å². The van der Waals surface area contributed by atoms with Gasteiger partial charge in [0.05, 0.1) is 0 Å². The van der Waals surface area contributed by atoms with Crippen LogP contribution in [0.5, 0.6) is 0 Å². The van der Waals surface area contributed by atoms with Crippen LogP contribution in [0, 0.1) is 11.3 Å². The van der Waals surface area contributed by atoms with E-state index in [-0.39, 0.29) is 11.4 Å². The molecule has 0 unspecified atom stereocenters. The fourth-order valence-electron chi connectivity index (χ4n) is 3.37. The second-order valence-electron chi connectivity index (χ2n) is 6.00. The number of amides is 2. The molecule has 0 bridgehead atoms. The Balaban J connectivity index is 1.97. The minimum absolute atomic E-state index is 0.112. The second-order valence-corrected chi connectivity index (χ2v) is 6.00. The van der Waals surface area contributed by atoms with Crippen molar-refractivity contribution in [3.63, 3.8) is 0 Å². The van der Waals surface area contributed by atoms with E-state index in [2.05, 4.69) is 19.2 Å². The molecule has 0 aromatic heterocycles. The first-order chi connectivity index (χ1) is 8.09. The van der Waals surface area contributed by atoms with Crippen LogP contribution in [0.3, 0.4) is 0 Å². The number of nitrogens with one attached hydrogen (secondary N) is 1. The summed E-state index contributed by atoms with van der Waals surface area (Å²) in [5.74, 6) is 0.504. The van der Waals surface area contributed by atoms with E-state index < -0.39 is 0 Å².